The van der Waals surface area contributed by atoms with Crippen LogP contribution in [0.1, 0.15) is 32.1 Å². The fourth-order valence-corrected chi connectivity index (χ4v) is 2.88. The van der Waals surface area contributed by atoms with Gasteiger partial charge in [0.05, 0.1) is 6.61 Å². The van der Waals surface area contributed by atoms with Crippen molar-refractivity contribution in [2.75, 3.05) is 33.0 Å². The average Bonchev–Trinajstić information content (AvgIpc) is 2.32. The molecule has 0 amide bonds. The monoisotopic (exact) mass is 213 g/mol. The molecule has 15 heavy (non-hydrogen) atoms. The van der Waals surface area contributed by atoms with Gasteiger partial charge in [0.2, 0.25) is 0 Å². The number of ether oxygens (including phenoxy) is 2. The Balaban J connectivity index is 1.87. The van der Waals surface area contributed by atoms with Crippen molar-refractivity contribution in [3.63, 3.8) is 0 Å². The molecule has 1 unspecified atom stereocenters. The van der Waals surface area contributed by atoms with Crippen LogP contribution in [0.25, 0.3) is 0 Å². The molecule has 88 valence electrons. The first-order chi connectivity index (χ1) is 7.35. The molecule has 2 heterocycles. The van der Waals surface area contributed by atoms with E-state index in [0.717, 1.165) is 38.9 Å². The van der Waals surface area contributed by atoms with Crippen LogP contribution in [-0.2, 0) is 9.47 Å². The van der Waals surface area contributed by atoms with Gasteiger partial charge in [-0.05, 0) is 38.0 Å². The van der Waals surface area contributed by atoms with Gasteiger partial charge >= 0.3 is 0 Å². The predicted octanol–water partition coefficient (Wildman–Crippen LogP) is 1.56. The normalized spacial score (nSPS) is 34.2. The number of nitrogens with two attached hydrogens (primary N) is 1. The van der Waals surface area contributed by atoms with Gasteiger partial charge in [-0.3, -0.25) is 0 Å². The summed E-state index contributed by atoms with van der Waals surface area (Å²) in [7, 11) is 0. The quantitative estimate of drug-likeness (QED) is 0.773. The number of hydrogen-bond donors (Lipinski definition) is 1. The van der Waals surface area contributed by atoms with Crippen molar-refractivity contribution in [1.29, 1.82) is 0 Å². The predicted molar refractivity (Wildman–Crippen MR) is 59.7 cm³/mol. The summed E-state index contributed by atoms with van der Waals surface area (Å²) in [6, 6.07) is 0. The lowest BCUT2D eigenvalue weighted by Crippen LogP contribution is -2.41. The second kappa shape index (κ2) is 5.28. The molecule has 1 atom stereocenters. The van der Waals surface area contributed by atoms with Crippen molar-refractivity contribution < 1.29 is 9.47 Å². The Hall–Kier alpha value is -0.120. The fourth-order valence-electron chi connectivity index (χ4n) is 2.88. The third-order valence-electron chi connectivity index (χ3n) is 3.90. The molecule has 0 saturated carbocycles. The maximum absolute atomic E-state index is 5.94. The Kier molecular flexibility index (Phi) is 4.00. The first-order valence-corrected chi connectivity index (χ1v) is 6.20. The van der Waals surface area contributed by atoms with Crippen LogP contribution < -0.4 is 5.73 Å². The van der Waals surface area contributed by atoms with E-state index in [1.54, 1.807) is 0 Å². The van der Waals surface area contributed by atoms with E-state index < -0.39 is 0 Å². The van der Waals surface area contributed by atoms with Crippen LogP contribution in [-0.4, -0.2) is 33.0 Å². The van der Waals surface area contributed by atoms with Gasteiger partial charge in [-0.25, -0.2) is 0 Å². The summed E-state index contributed by atoms with van der Waals surface area (Å²) in [5.74, 6) is 0.809. The van der Waals surface area contributed by atoms with E-state index in [0.29, 0.717) is 0 Å². The maximum atomic E-state index is 5.94. The molecule has 3 nitrogen and oxygen atoms in total. The third-order valence-corrected chi connectivity index (χ3v) is 3.90. The van der Waals surface area contributed by atoms with Crippen LogP contribution >= 0.6 is 0 Å². The standard InChI is InChI=1S/C12H23NO2/c13-9-12(4-1-5-15-10-12)8-11-2-6-14-7-3-11/h11H,1-10,13H2. The van der Waals surface area contributed by atoms with E-state index in [1.165, 1.54) is 32.1 Å². The summed E-state index contributed by atoms with van der Waals surface area (Å²) in [4.78, 5) is 0. The molecular weight excluding hydrogens is 190 g/mol. The molecule has 2 aliphatic rings. The van der Waals surface area contributed by atoms with Gasteiger partial charge in [0.25, 0.3) is 0 Å². The second-order valence-electron chi connectivity index (χ2n) is 5.12. The molecule has 0 aliphatic carbocycles. The van der Waals surface area contributed by atoms with E-state index in [2.05, 4.69) is 0 Å². The van der Waals surface area contributed by atoms with Crippen LogP contribution in [0.4, 0.5) is 0 Å². The summed E-state index contributed by atoms with van der Waals surface area (Å²) < 4.78 is 11.0. The second-order valence-corrected chi connectivity index (χ2v) is 5.12. The van der Waals surface area contributed by atoms with Crippen LogP contribution in [0.5, 0.6) is 0 Å². The summed E-state index contributed by atoms with van der Waals surface area (Å²) in [6.07, 6.45) is 6.09. The number of hydrogen-bond acceptors (Lipinski definition) is 3. The van der Waals surface area contributed by atoms with E-state index in [1.807, 2.05) is 0 Å². The molecule has 0 spiro atoms. The lowest BCUT2D eigenvalue weighted by atomic mass is 9.73. The molecule has 2 fully saturated rings. The van der Waals surface area contributed by atoms with Crippen molar-refractivity contribution in [2.45, 2.75) is 32.1 Å². The maximum Gasteiger partial charge on any atom is 0.0534 e. The van der Waals surface area contributed by atoms with Crippen molar-refractivity contribution in [2.24, 2.45) is 17.1 Å². The third kappa shape index (κ3) is 2.92. The van der Waals surface area contributed by atoms with Gasteiger partial charge in [0.15, 0.2) is 0 Å². The molecule has 0 aromatic rings. The minimum absolute atomic E-state index is 0.278. The fraction of sp³-hybridized carbons (Fsp3) is 1.00. The topological polar surface area (TPSA) is 44.5 Å². The SMILES string of the molecule is NCC1(CC2CCOCC2)CCCOC1. The minimum atomic E-state index is 0.278. The van der Waals surface area contributed by atoms with Crippen molar-refractivity contribution in [3.8, 4) is 0 Å². The van der Waals surface area contributed by atoms with Crippen molar-refractivity contribution >= 4 is 0 Å². The Morgan fingerprint density at radius 1 is 1.13 bits per heavy atom. The zero-order valence-corrected chi connectivity index (χ0v) is 9.54. The van der Waals surface area contributed by atoms with Gasteiger partial charge in [-0.2, -0.15) is 0 Å². The minimum Gasteiger partial charge on any atom is -0.381 e. The first-order valence-electron chi connectivity index (χ1n) is 6.20. The lowest BCUT2D eigenvalue weighted by molar-refractivity contribution is -0.0292. The Morgan fingerprint density at radius 2 is 1.93 bits per heavy atom. The van der Waals surface area contributed by atoms with Gasteiger partial charge < -0.3 is 15.2 Å². The zero-order valence-electron chi connectivity index (χ0n) is 9.54. The van der Waals surface area contributed by atoms with Crippen LogP contribution in [0.15, 0.2) is 0 Å². The van der Waals surface area contributed by atoms with Crippen LogP contribution in [0.3, 0.4) is 0 Å². The summed E-state index contributed by atoms with van der Waals surface area (Å²) in [5.41, 5.74) is 6.22. The molecule has 0 aromatic heterocycles. The molecule has 3 heteroatoms. The first kappa shape index (κ1) is 11.4. The van der Waals surface area contributed by atoms with Gasteiger partial charge in [-0.1, -0.05) is 0 Å². The molecule has 2 rings (SSSR count). The smallest absolute Gasteiger partial charge is 0.0534 e. The van der Waals surface area contributed by atoms with E-state index in [4.69, 9.17) is 15.2 Å². The van der Waals surface area contributed by atoms with Gasteiger partial charge in [0, 0.05) is 31.8 Å². The Bertz CT molecular complexity index is 184. The number of rotatable bonds is 3. The lowest BCUT2D eigenvalue weighted by Gasteiger charge is -2.39. The van der Waals surface area contributed by atoms with E-state index in [9.17, 15) is 0 Å². The van der Waals surface area contributed by atoms with Gasteiger partial charge in [-0.15, -0.1) is 0 Å². The Morgan fingerprint density at radius 3 is 2.53 bits per heavy atom. The van der Waals surface area contributed by atoms with Crippen molar-refractivity contribution in [1.82, 2.24) is 0 Å². The molecule has 2 aliphatic heterocycles. The largest absolute Gasteiger partial charge is 0.381 e. The van der Waals surface area contributed by atoms with Crippen LogP contribution in [0.2, 0.25) is 0 Å². The zero-order chi connectivity index (χ0) is 10.6. The van der Waals surface area contributed by atoms with Gasteiger partial charge in [0.1, 0.15) is 0 Å². The molecule has 2 N–H and O–H groups in total. The average molecular weight is 213 g/mol. The highest BCUT2D eigenvalue weighted by molar-refractivity contribution is 4.85. The summed E-state index contributed by atoms with van der Waals surface area (Å²) >= 11 is 0. The van der Waals surface area contributed by atoms with Crippen LogP contribution in [0, 0.1) is 11.3 Å². The molecule has 0 aromatic carbocycles. The van der Waals surface area contributed by atoms with E-state index >= 15 is 0 Å². The highest BCUT2D eigenvalue weighted by atomic mass is 16.5. The molecule has 2 saturated heterocycles. The van der Waals surface area contributed by atoms with Crippen molar-refractivity contribution in [3.05, 3.63) is 0 Å². The summed E-state index contributed by atoms with van der Waals surface area (Å²) in [5, 5.41) is 0. The van der Waals surface area contributed by atoms with E-state index in [-0.39, 0.29) is 5.41 Å². The molecule has 0 bridgehead atoms. The highest BCUT2D eigenvalue weighted by Crippen LogP contribution is 2.37. The highest BCUT2D eigenvalue weighted by Gasteiger charge is 2.34. The molecular formula is C12H23NO2. The molecule has 0 radical (unpaired) electrons. The Labute approximate surface area is 92.3 Å². The summed E-state index contributed by atoms with van der Waals surface area (Å²) in [6.45, 7) is 4.46.